The summed E-state index contributed by atoms with van der Waals surface area (Å²) in [5, 5.41) is 3.34. The van der Waals surface area contributed by atoms with E-state index in [1.54, 1.807) is 12.1 Å². The third kappa shape index (κ3) is 5.00. The molecule has 0 saturated carbocycles. The van der Waals surface area contributed by atoms with Crippen LogP contribution < -0.4 is 5.32 Å². The summed E-state index contributed by atoms with van der Waals surface area (Å²) in [7, 11) is 0. The van der Waals surface area contributed by atoms with Gasteiger partial charge in [-0.1, -0.05) is 53.0 Å². The molecule has 10 heteroatoms. The van der Waals surface area contributed by atoms with E-state index in [4.69, 9.17) is 39.2 Å². The van der Waals surface area contributed by atoms with Crippen LogP contribution in [-0.2, 0) is 6.18 Å². The first kappa shape index (κ1) is 23.2. The Kier molecular flexibility index (Phi) is 6.38. The Morgan fingerprint density at radius 1 is 0.909 bits per heavy atom. The quantitative estimate of drug-likeness (QED) is 0.300. The number of nitrogens with one attached hydrogen (secondary N) is 1. The predicted octanol–water partition coefficient (Wildman–Crippen LogP) is 8.24. The first-order chi connectivity index (χ1) is 15.6. The second-order valence-electron chi connectivity index (χ2n) is 6.83. The predicted molar refractivity (Wildman–Crippen MR) is 122 cm³/mol. The van der Waals surface area contributed by atoms with Crippen LogP contribution >= 0.6 is 34.8 Å². The molecule has 4 aromatic rings. The fourth-order valence-corrected chi connectivity index (χ4v) is 3.76. The molecule has 0 fully saturated rings. The smallest absolute Gasteiger partial charge is 0.431 e. The molecule has 0 saturated heterocycles. The van der Waals surface area contributed by atoms with Crippen LogP contribution in [0.1, 0.15) is 16.1 Å². The van der Waals surface area contributed by atoms with E-state index in [0.717, 1.165) is 0 Å². The van der Waals surface area contributed by atoms with Gasteiger partial charge in [-0.15, -0.1) is 0 Å². The molecule has 33 heavy (non-hydrogen) atoms. The van der Waals surface area contributed by atoms with Crippen LogP contribution in [0.4, 0.5) is 18.9 Å². The van der Waals surface area contributed by atoms with Crippen LogP contribution in [0, 0.1) is 0 Å². The number of hydrogen-bond acceptors (Lipinski definition) is 3. The number of aromatic nitrogens is 1. The lowest BCUT2D eigenvalue weighted by molar-refractivity contribution is -0.152. The van der Waals surface area contributed by atoms with E-state index in [0.29, 0.717) is 10.7 Å². The van der Waals surface area contributed by atoms with E-state index >= 15 is 0 Å². The van der Waals surface area contributed by atoms with Gasteiger partial charge in [0, 0.05) is 21.8 Å². The molecule has 1 heterocycles. The lowest BCUT2D eigenvalue weighted by atomic mass is 10.1. The van der Waals surface area contributed by atoms with Crippen molar-refractivity contribution in [3.63, 3.8) is 0 Å². The summed E-state index contributed by atoms with van der Waals surface area (Å²) in [6.07, 6.45) is -4.77. The first-order valence-corrected chi connectivity index (χ1v) is 10.5. The van der Waals surface area contributed by atoms with Crippen molar-refractivity contribution >= 4 is 46.4 Å². The summed E-state index contributed by atoms with van der Waals surface area (Å²) >= 11 is 18.0. The van der Waals surface area contributed by atoms with Crippen LogP contribution in [0.15, 0.2) is 71.1 Å². The van der Waals surface area contributed by atoms with Crippen molar-refractivity contribution in [1.29, 1.82) is 0 Å². The number of alkyl halides is 3. The van der Waals surface area contributed by atoms with Gasteiger partial charge in [-0.3, -0.25) is 4.79 Å². The van der Waals surface area contributed by atoms with Gasteiger partial charge in [0.1, 0.15) is 5.69 Å². The second kappa shape index (κ2) is 9.09. The summed E-state index contributed by atoms with van der Waals surface area (Å²) < 4.78 is 45.8. The highest BCUT2D eigenvalue weighted by Crippen LogP contribution is 2.41. The Balaban J connectivity index is 1.63. The van der Waals surface area contributed by atoms with Gasteiger partial charge in [-0.2, -0.15) is 13.2 Å². The van der Waals surface area contributed by atoms with Crippen molar-refractivity contribution in [1.82, 2.24) is 4.98 Å². The number of anilines is 1. The monoisotopic (exact) mass is 510 g/mol. The zero-order chi connectivity index (χ0) is 23.8. The van der Waals surface area contributed by atoms with Crippen LogP contribution in [0.25, 0.3) is 22.7 Å². The molecule has 0 aliphatic carbocycles. The number of halogens is 6. The molecule has 0 atom stereocenters. The van der Waals surface area contributed by atoms with E-state index in [9.17, 15) is 18.0 Å². The summed E-state index contributed by atoms with van der Waals surface area (Å²) in [4.78, 5) is 16.5. The van der Waals surface area contributed by atoms with Crippen molar-refractivity contribution in [3.05, 3.63) is 93.1 Å². The average molecular weight is 512 g/mol. The Morgan fingerprint density at radius 2 is 1.61 bits per heavy atom. The average Bonchev–Trinajstić information content (AvgIpc) is 3.20. The van der Waals surface area contributed by atoms with Crippen molar-refractivity contribution in [2.24, 2.45) is 0 Å². The Hall–Kier alpha value is -3.00. The van der Waals surface area contributed by atoms with E-state index in [-0.39, 0.29) is 32.6 Å². The minimum Gasteiger partial charge on any atom is -0.431 e. The minimum atomic E-state index is -4.77. The molecular weight excluding hydrogens is 500 g/mol. The minimum absolute atomic E-state index is 0.102. The van der Waals surface area contributed by atoms with Crippen LogP contribution in [-0.4, -0.2) is 10.9 Å². The number of carbonyl (C=O) groups excluding carboxylic acids is 1. The molecule has 0 spiro atoms. The normalized spacial score (nSPS) is 11.5. The lowest BCUT2D eigenvalue weighted by Gasteiger charge is -2.07. The summed E-state index contributed by atoms with van der Waals surface area (Å²) in [5.41, 5.74) is 0.588. The van der Waals surface area contributed by atoms with Crippen LogP contribution in [0.3, 0.4) is 0 Å². The fraction of sp³-hybridized carbons (Fsp3) is 0.0435. The number of hydrogen-bond donors (Lipinski definition) is 1. The molecule has 4 rings (SSSR count). The molecule has 168 valence electrons. The fourth-order valence-electron chi connectivity index (χ4n) is 3.04. The maximum absolute atomic E-state index is 13.6. The summed E-state index contributed by atoms with van der Waals surface area (Å²) in [5.74, 6) is -1.96. The molecular formula is C23H12Cl3F3N2O2. The molecule has 1 amide bonds. The van der Waals surface area contributed by atoms with Gasteiger partial charge >= 0.3 is 6.18 Å². The number of rotatable bonds is 4. The SMILES string of the molecule is O=C(Nc1ccc(-c2nc(-c3ccccc3Cl)c(C(F)(F)F)o2)cc1)c1ccc(Cl)cc1Cl. The van der Waals surface area contributed by atoms with E-state index in [1.807, 2.05) is 0 Å². The molecule has 0 aliphatic rings. The zero-order valence-corrected chi connectivity index (χ0v) is 18.7. The van der Waals surface area contributed by atoms with Crippen molar-refractivity contribution in [2.45, 2.75) is 6.18 Å². The van der Waals surface area contributed by atoms with Gasteiger partial charge < -0.3 is 9.73 Å². The van der Waals surface area contributed by atoms with Crippen molar-refractivity contribution in [3.8, 4) is 22.7 Å². The van der Waals surface area contributed by atoms with Gasteiger partial charge in [-0.05, 0) is 48.5 Å². The molecule has 0 bridgehead atoms. The molecule has 0 aliphatic heterocycles. The van der Waals surface area contributed by atoms with Crippen LogP contribution in [0.5, 0.6) is 0 Å². The van der Waals surface area contributed by atoms with E-state index < -0.39 is 23.5 Å². The zero-order valence-electron chi connectivity index (χ0n) is 16.4. The van der Waals surface area contributed by atoms with E-state index in [2.05, 4.69) is 10.3 Å². The first-order valence-electron chi connectivity index (χ1n) is 9.33. The maximum atomic E-state index is 13.6. The standard InChI is InChI=1S/C23H12Cl3F3N2O2/c24-13-7-10-16(18(26)11-13)21(32)30-14-8-5-12(6-9-14)22-31-19(20(33-22)23(27,28)29)15-3-1-2-4-17(15)25/h1-11H,(H,30,32). The van der Waals surface area contributed by atoms with Gasteiger partial charge in [0.2, 0.25) is 11.7 Å². The third-order valence-corrected chi connectivity index (χ3v) is 5.46. The van der Waals surface area contributed by atoms with E-state index in [1.165, 1.54) is 54.6 Å². The maximum Gasteiger partial charge on any atom is 0.451 e. The lowest BCUT2D eigenvalue weighted by Crippen LogP contribution is -2.12. The molecule has 1 N–H and O–H groups in total. The third-order valence-electron chi connectivity index (χ3n) is 4.58. The van der Waals surface area contributed by atoms with Crippen LogP contribution in [0.2, 0.25) is 15.1 Å². The molecule has 0 unspecified atom stereocenters. The number of nitrogens with zero attached hydrogens (tertiary/aromatic N) is 1. The molecule has 1 aromatic heterocycles. The van der Waals surface area contributed by atoms with Gasteiger partial charge in [0.25, 0.3) is 5.91 Å². The van der Waals surface area contributed by atoms with Crippen molar-refractivity contribution in [2.75, 3.05) is 5.32 Å². The Morgan fingerprint density at radius 3 is 2.24 bits per heavy atom. The van der Waals surface area contributed by atoms with Crippen molar-refractivity contribution < 1.29 is 22.4 Å². The summed E-state index contributed by atoms with van der Waals surface area (Å²) in [6.45, 7) is 0. The molecule has 3 aromatic carbocycles. The Labute approximate surface area is 200 Å². The summed E-state index contributed by atoms with van der Waals surface area (Å²) in [6, 6.07) is 16.5. The van der Waals surface area contributed by atoms with Gasteiger partial charge in [-0.25, -0.2) is 4.98 Å². The largest absolute Gasteiger partial charge is 0.451 e. The molecule has 4 nitrogen and oxygen atoms in total. The topological polar surface area (TPSA) is 55.1 Å². The van der Waals surface area contributed by atoms with Gasteiger partial charge in [0.05, 0.1) is 15.6 Å². The van der Waals surface area contributed by atoms with Gasteiger partial charge in [0.15, 0.2) is 0 Å². The Bertz CT molecular complexity index is 1340. The number of oxazole rings is 1. The highest BCUT2D eigenvalue weighted by Gasteiger charge is 2.40. The molecule has 0 radical (unpaired) electrons. The number of carbonyl (C=O) groups is 1. The number of benzene rings is 3. The highest BCUT2D eigenvalue weighted by atomic mass is 35.5. The second-order valence-corrected chi connectivity index (χ2v) is 8.08. The number of amides is 1. The highest BCUT2D eigenvalue weighted by molar-refractivity contribution is 6.37.